The van der Waals surface area contributed by atoms with E-state index in [4.69, 9.17) is 33.8 Å². The molecule has 49 heavy (non-hydrogen) atoms. The SMILES string of the molecule is CCOC(=O)C(OC(C)(C)C)c1c(C)nc2cc3nn2c1N1CCC(C)(CC1)OCCCCC(C)Oc1c(ccc2ccccc12)COC3. The van der Waals surface area contributed by atoms with E-state index in [1.165, 1.54) is 0 Å². The van der Waals surface area contributed by atoms with E-state index in [1.54, 1.807) is 0 Å². The predicted octanol–water partition coefficient (Wildman–Crippen LogP) is 7.65. The summed E-state index contributed by atoms with van der Waals surface area (Å²) in [5, 5.41) is 7.25. The van der Waals surface area contributed by atoms with Gasteiger partial charge in [-0.2, -0.15) is 9.61 Å². The van der Waals surface area contributed by atoms with Crippen LogP contribution in [0.1, 0.15) is 102 Å². The summed E-state index contributed by atoms with van der Waals surface area (Å²) < 4.78 is 33.4. The largest absolute Gasteiger partial charge is 0.490 e. The van der Waals surface area contributed by atoms with E-state index in [9.17, 15) is 4.79 Å². The third-order valence-corrected chi connectivity index (χ3v) is 9.45. The quantitative estimate of drug-likeness (QED) is 0.203. The van der Waals surface area contributed by atoms with Crippen LogP contribution in [0.3, 0.4) is 0 Å². The van der Waals surface area contributed by atoms with Gasteiger partial charge in [-0.25, -0.2) is 9.78 Å². The number of hydrogen-bond acceptors (Lipinski definition) is 9. The van der Waals surface area contributed by atoms with Gasteiger partial charge in [-0.1, -0.05) is 36.4 Å². The van der Waals surface area contributed by atoms with Crippen molar-refractivity contribution in [3.05, 3.63) is 65.0 Å². The maximum atomic E-state index is 13.6. The van der Waals surface area contributed by atoms with Crippen LogP contribution in [-0.4, -0.2) is 64.2 Å². The minimum absolute atomic E-state index is 0.0510. The van der Waals surface area contributed by atoms with E-state index in [0.29, 0.717) is 30.1 Å². The highest BCUT2D eigenvalue weighted by molar-refractivity contribution is 5.89. The normalized spacial score (nSPS) is 21.8. The van der Waals surface area contributed by atoms with E-state index >= 15 is 0 Å². The average molecular weight is 673 g/mol. The van der Waals surface area contributed by atoms with Gasteiger partial charge in [0, 0.05) is 42.4 Å². The molecule has 1 fully saturated rings. The summed E-state index contributed by atoms with van der Waals surface area (Å²) in [5.41, 5.74) is 2.95. The molecule has 0 radical (unpaired) electrons. The molecule has 3 aliphatic rings. The molecule has 0 N–H and O–H groups in total. The highest BCUT2D eigenvalue weighted by Gasteiger charge is 2.38. The molecule has 0 spiro atoms. The van der Waals surface area contributed by atoms with Crippen molar-refractivity contribution in [1.82, 2.24) is 14.6 Å². The fraction of sp³-hybridized carbons (Fsp3) is 0.564. The number of aromatic nitrogens is 3. The number of anilines is 1. The molecule has 1 saturated heterocycles. The smallest absolute Gasteiger partial charge is 0.340 e. The summed E-state index contributed by atoms with van der Waals surface area (Å²) in [6, 6.07) is 14.5. The van der Waals surface area contributed by atoms with E-state index in [-0.39, 0.29) is 24.9 Å². The molecular formula is C39H52N4O6. The van der Waals surface area contributed by atoms with Crippen molar-refractivity contribution >= 4 is 28.2 Å². The molecule has 0 saturated carbocycles. The number of esters is 1. The number of carbonyl (C=O) groups is 1. The Morgan fingerprint density at radius 3 is 2.63 bits per heavy atom. The molecule has 3 aliphatic heterocycles. The lowest BCUT2D eigenvalue weighted by Crippen LogP contribution is -2.46. The lowest BCUT2D eigenvalue weighted by molar-refractivity contribution is -0.166. The van der Waals surface area contributed by atoms with Crippen LogP contribution in [0.2, 0.25) is 0 Å². The summed E-state index contributed by atoms with van der Waals surface area (Å²) in [6.07, 6.45) is 3.66. The number of nitrogens with zero attached hydrogens (tertiary/aromatic N) is 4. The molecule has 2 unspecified atom stereocenters. The maximum Gasteiger partial charge on any atom is 0.340 e. The van der Waals surface area contributed by atoms with Crippen LogP contribution < -0.4 is 9.64 Å². The van der Waals surface area contributed by atoms with Crippen LogP contribution in [0.25, 0.3) is 16.4 Å². The summed E-state index contributed by atoms with van der Waals surface area (Å²) in [6.45, 7) is 17.0. The van der Waals surface area contributed by atoms with Crippen molar-refractivity contribution in [2.24, 2.45) is 0 Å². The van der Waals surface area contributed by atoms with Crippen LogP contribution in [0.4, 0.5) is 5.82 Å². The van der Waals surface area contributed by atoms with E-state index < -0.39 is 17.7 Å². The Kier molecular flexibility index (Phi) is 10.5. The molecule has 2 atom stereocenters. The third-order valence-electron chi connectivity index (χ3n) is 9.45. The zero-order chi connectivity index (χ0) is 34.8. The van der Waals surface area contributed by atoms with Gasteiger partial charge in [0.05, 0.1) is 48.4 Å². The molecule has 10 heteroatoms. The van der Waals surface area contributed by atoms with Gasteiger partial charge in [0.25, 0.3) is 0 Å². The van der Waals surface area contributed by atoms with Gasteiger partial charge >= 0.3 is 5.97 Å². The first kappa shape index (κ1) is 35.1. The Morgan fingerprint density at radius 1 is 1.10 bits per heavy atom. The van der Waals surface area contributed by atoms with Gasteiger partial charge < -0.3 is 28.6 Å². The number of aryl methyl sites for hydroxylation is 1. The van der Waals surface area contributed by atoms with Gasteiger partial charge in [0.2, 0.25) is 0 Å². The van der Waals surface area contributed by atoms with Crippen LogP contribution >= 0.6 is 0 Å². The summed E-state index contributed by atoms with van der Waals surface area (Å²) >= 11 is 0. The molecule has 2 aromatic heterocycles. The lowest BCUT2D eigenvalue weighted by Gasteiger charge is -2.41. The Labute approximate surface area is 290 Å². The lowest BCUT2D eigenvalue weighted by atomic mass is 9.92. The molecule has 4 aromatic rings. The summed E-state index contributed by atoms with van der Waals surface area (Å²) in [7, 11) is 0. The highest BCUT2D eigenvalue weighted by Crippen LogP contribution is 2.39. The first-order valence-electron chi connectivity index (χ1n) is 17.8. The molecule has 0 aliphatic carbocycles. The Morgan fingerprint density at radius 2 is 1.88 bits per heavy atom. The van der Waals surface area contributed by atoms with E-state index in [0.717, 1.165) is 78.8 Å². The Hall–Kier alpha value is -3.73. The van der Waals surface area contributed by atoms with Gasteiger partial charge in [-0.05, 0) is 86.0 Å². The summed E-state index contributed by atoms with van der Waals surface area (Å²) in [5.74, 6) is 1.23. The summed E-state index contributed by atoms with van der Waals surface area (Å²) in [4.78, 5) is 20.8. The Balaban J connectivity index is 1.42. The van der Waals surface area contributed by atoms with Gasteiger partial charge in [0.1, 0.15) is 11.6 Å². The van der Waals surface area contributed by atoms with Crippen LogP contribution in [0.15, 0.2) is 42.5 Å². The zero-order valence-corrected chi connectivity index (χ0v) is 30.2. The Bertz CT molecular complexity index is 1770. The molecule has 0 amide bonds. The van der Waals surface area contributed by atoms with Crippen molar-refractivity contribution in [3.8, 4) is 5.75 Å². The molecule has 264 valence electrons. The fourth-order valence-electron chi connectivity index (χ4n) is 6.90. The third kappa shape index (κ3) is 8.03. The van der Waals surface area contributed by atoms with Gasteiger partial charge in [-0.15, -0.1) is 0 Å². The first-order chi connectivity index (χ1) is 23.4. The second-order valence-electron chi connectivity index (χ2n) is 14.7. The number of hydrogen-bond donors (Lipinski definition) is 0. The zero-order valence-electron chi connectivity index (χ0n) is 30.2. The van der Waals surface area contributed by atoms with Gasteiger partial charge in [0.15, 0.2) is 11.8 Å². The highest BCUT2D eigenvalue weighted by atomic mass is 16.6. The monoisotopic (exact) mass is 672 g/mol. The molecule has 2 aromatic carbocycles. The number of ether oxygens (including phenoxy) is 5. The van der Waals surface area contributed by atoms with Crippen LogP contribution in [0, 0.1) is 6.92 Å². The minimum Gasteiger partial charge on any atom is -0.490 e. The number of fused-ring (bicyclic) bond motifs is 11. The van der Waals surface area contributed by atoms with Crippen LogP contribution in [0.5, 0.6) is 5.75 Å². The first-order valence-corrected chi connectivity index (χ1v) is 17.8. The fourth-order valence-corrected chi connectivity index (χ4v) is 6.90. The maximum absolute atomic E-state index is 13.6. The van der Waals surface area contributed by atoms with Crippen molar-refractivity contribution < 1.29 is 28.5 Å². The van der Waals surface area contributed by atoms with Crippen molar-refractivity contribution in [3.63, 3.8) is 0 Å². The van der Waals surface area contributed by atoms with E-state index in [2.05, 4.69) is 43.0 Å². The van der Waals surface area contributed by atoms with Gasteiger partial charge in [-0.3, -0.25) is 0 Å². The molecular weight excluding hydrogens is 620 g/mol. The number of carbonyl (C=O) groups excluding carboxylic acids is 1. The minimum atomic E-state index is -0.973. The number of rotatable bonds is 4. The molecule has 5 heterocycles. The van der Waals surface area contributed by atoms with Crippen molar-refractivity contribution in [1.29, 1.82) is 0 Å². The molecule has 10 nitrogen and oxygen atoms in total. The van der Waals surface area contributed by atoms with Crippen molar-refractivity contribution in [2.75, 3.05) is 31.2 Å². The average Bonchev–Trinajstić information content (AvgIpc) is 3.45. The second kappa shape index (κ2) is 14.6. The molecule has 7 rings (SSSR count). The predicted molar refractivity (Wildman–Crippen MR) is 190 cm³/mol. The standard InChI is InChI=1S/C39H52N4O6/c1-8-46-37(44)35(49-38(4,5)6)33-27(3)40-32-23-30-25-45-24-29-17-16-28-14-9-10-15-31(28)34(29)48-26(2)13-11-12-22-47-39(7)18-20-42(21-19-39)36(33)43(32)41-30/h9-10,14-17,23,26,35H,8,11-13,18-22,24-25H2,1-7H3. The topological polar surface area (TPSA) is 96.7 Å². The number of benzene rings is 2. The van der Waals surface area contributed by atoms with Crippen LogP contribution in [-0.2, 0) is 37.0 Å². The van der Waals surface area contributed by atoms with Crippen molar-refractivity contribution in [2.45, 2.75) is 117 Å². The molecule has 4 bridgehead atoms. The van der Waals surface area contributed by atoms with E-state index in [1.807, 2.05) is 57.3 Å². The number of piperidine rings is 1. The second-order valence-corrected chi connectivity index (χ2v) is 14.7.